The van der Waals surface area contributed by atoms with Crippen LogP contribution in [0, 0.1) is 3.57 Å². The lowest BCUT2D eigenvalue weighted by molar-refractivity contribution is 0.129. The lowest BCUT2D eigenvalue weighted by atomic mass is 10.2. The quantitative estimate of drug-likeness (QED) is 0.601. The van der Waals surface area contributed by atoms with Gasteiger partial charge in [0.15, 0.2) is 0 Å². The van der Waals surface area contributed by atoms with Crippen LogP contribution in [0.4, 0.5) is 0 Å². The predicted molar refractivity (Wildman–Crippen MR) is 69.0 cm³/mol. The molecule has 14 heavy (non-hydrogen) atoms. The summed E-state index contributed by atoms with van der Waals surface area (Å²) in [6.07, 6.45) is 0. The average molecular weight is 317 g/mol. The largest absolute Gasteiger partial charge is 0.487 e. The molecule has 0 aliphatic carbocycles. The average Bonchev–Trinajstić information content (AvgIpc) is 2.06. The zero-order valence-electron chi connectivity index (χ0n) is 8.73. The van der Waals surface area contributed by atoms with Gasteiger partial charge in [0.1, 0.15) is 11.4 Å². The Morgan fingerprint density at radius 1 is 1.36 bits per heavy atom. The van der Waals surface area contributed by atoms with E-state index in [1.165, 1.54) is 9.13 Å². The van der Waals surface area contributed by atoms with Gasteiger partial charge in [0.25, 0.3) is 0 Å². The lowest BCUT2D eigenvalue weighted by Crippen LogP contribution is -2.23. The van der Waals surface area contributed by atoms with E-state index in [-0.39, 0.29) is 5.60 Å². The van der Waals surface area contributed by atoms with Crippen LogP contribution >= 0.6 is 22.6 Å². The topological polar surface area (TPSA) is 9.23 Å². The van der Waals surface area contributed by atoms with E-state index >= 15 is 0 Å². The third-order valence-electron chi connectivity index (χ3n) is 1.65. The molecule has 0 heterocycles. The van der Waals surface area contributed by atoms with Gasteiger partial charge in [-0.2, -0.15) is 0 Å². The highest BCUT2D eigenvalue weighted by Crippen LogP contribution is 2.27. The van der Waals surface area contributed by atoms with E-state index in [0.29, 0.717) is 0 Å². The molecular weight excluding hydrogens is 303 g/mol. The second kappa shape index (κ2) is 4.66. The Labute approximate surface area is 103 Å². The summed E-state index contributed by atoms with van der Waals surface area (Å²) in [7, 11) is 3.51. The molecule has 3 heteroatoms. The molecule has 0 atom stereocenters. The van der Waals surface area contributed by atoms with Gasteiger partial charge in [-0.15, -0.1) is 0 Å². The summed E-state index contributed by atoms with van der Waals surface area (Å²) in [5.74, 6) is 0.967. The molecule has 0 aliphatic heterocycles. The SMILES string of the molecule is CC(C)(C)Oc1cccc(C[Si])c1I. The Morgan fingerprint density at radius 3 is 2.50 bits per heavy atom. The Hall–Kier alpha value is -0.0331. The highest BCUT2D eigenvalue weighted by molar-refractivity contribution is 14.1. The van der Waals surface area contributed by atoms with Gasteiger partial charge in [-0.25, -0.2) is 0 Å². The molecule has 0 bridgehead atoms. The molecule has 0 amide bonds. The van der Waals surface area contributed by atoms with E-state index in [1.807, 2.05) is 12.1 Å². The van der Waals surface area contributed by atoms with E-state index in [1.54, 1.807) is 0 Å². The van der Waals surface area contributed by atoms with Gasteiger partial charge < -0.3 is 4.74 Å². The van der Waals surface area contributed by atoms with Crippen LogP contribution in [0.3, 0.4) is 0 Å². The molecule has 1 aromatic rings. The highest BCUT2D eigenvalue weighted by Gasteiger charge is 2.14. The van der Waals surface area contributed by atoms with Gasteiger partial charge in [0, 0.05) is 10.2 Å². The molecule has 0 saturated heterocycles. The summed E-state index contributed by atoms with van der Waals surface area (Å²) in [6, 6.07) is 7.00. The van der Waals surface area contributed by atoms with Gasteiger partial charge in [0.2, 0.25) is 0 Å². The Bertz CT molecular complexity index is 318. The molecule has 75 valence electrons. The molecule has 0 fully saturated rings. The van der Waals surface area contributed by atoms with Crippen LogP contribution in [0.1, 0.15) is 26.3 Å². The first-order valence-corrected chi connectivity index (χ1v) is 6.33. The Balaban J connectivity index is 2.98. The van der Waals surface area contributed by atoms with Crippen molar-refractivity contribution in [1.29, 1.82) is 0 Å². The van der Waals surface area contributed by atoms with E-state index in [2.05, 4.69) is 59.7 Å². The van der Waals surface area contributed by atoms with E-state index in [4.69, 9.17) is 4.74 Å². The zero-order chi connectivity index (χ0) is 10.8. The smallest absolute Gasteiger partial charge is 0.133 e. The fraction of sp³-hybridized carbons (Fsp3) is 0.455. The van der Waals surface area contributed by atoms with Crippen LogP contribution in [-0.4, -0.2) is 15.8 Å². The molecule has 0 saturated carbocycles. The lowest BCUT2D eigenvalue weighted by Gasteiger charge is -2.22. The summed E-state index contributed by atoms with van der Waals surface area (Å²) >= 11 is 2.32. The number of benzene rings is 1. The first-order chi connectivity index (χ1) is 6.44. The van der Waals surface area contributed by atoms with Crippen LogP contribution in [0.15, 0.2) is 18.2 Å². The third-order valence-corrected chi connectivity index (χ3v) is 3.26. The minimum absolute atomic E-state index is 0.135. The van der Waals surface area contributed by atoms with Crippen LogP contribution in [-0.2, 0) is 6.04 Å². The van der Waals surface area contributed by atoms with Crippen molar-refractivity contribution in [3.63, 3.8) is 0 Å². The van der Waals surface area contributed by atoms with Crippen molar-refractivity contribution >= 4 is 32.8 Å². The molecule has 1 nitrogen and oxygen atoms in total. The molecule has 0 N–H and O–H groups in total. The first kappa shape index (κ1) is 12.0. The standard InChI is InChI=1S/C11H14IOSi/c1-11(2,3)13-9-6-4-5-8(7-14)10(9)12/h4-6H,7H2,1-3H3. The second-order valence-electron chi connectivity index (χ2n) is 4.12. The summed E-state index contributed by atoms with van der Waals surface area (Å²) in [5.41, 5.74) is 1.13. The van der Waals surface area contributed by atoms with Gasteiger partial charge in [0.05, 0.1) is 3.57 Å². The maximum absolute atomic E-state index is 5.85. The van der Waals surface area contributed by atoms with Crippen molar-refractivity contribution in [2.24, 2.45) is 0 Å². The van der Waals surface area contributed by atoms with Crippen LogP contribution in [0.2, 0.25) is 0 Å². The monoisotopic (exact) mass is 317 g/mol. The van der Waals surface area contributed by atoms with Gasteiger partial charge in [-0.3, -0.25) is 0 Å². The van der Waals surface area contributed by atoms with Crippen molar-refractivity contribution in [3.05, 3.63) is 27.3 Å². The fourth-order valence-electron chi connectivity index (χ4n) is 1.10. The molecule has 1 rings (SSSR count). The molecule has 0 spiro atoms. The molecule has 3 radical (unpaired) electrons. The number of rotatable bonds is 2. The predicted octanol–water partition coefficient (Wildman–Crippen LogP) is 3.14. The molecule has 1 aromatic carbocycles. The molecular formula is C11H14IOSi. The maximum Gasteiger partial charge on any atom is 0.133 e. The van der Waals surface area contributed by atoms with Crippen molar-refractivity contribution < 1.29 is 4.74 Å². The van der Waals surface area contributed by atoms with E-state index in [0.717, 1.165) is 11.8 Å². The molecule has 0 unspecified atom stereocenters. The highest BCUT2D eigenvalue weighted by atomic mass is 127. The first-order valence-electron chi connectivity index (χ1n) is 4.55. The summed E-state index contributed by atoms with van der Waals surface area (Å²) in [6.45, 7) is 6.18. The molecule has 0 aliphatic rings. The number of hydrogen-bond acceptors (Lipinski definition) is 1. The number of hydrogen-bond donors (Lipinski definition) is 0. The van der Waals surface area contributed by atoms with Gasteiger partial charge >= 0.3 is 0 Å². The van der Waals surface area contributed by atoms with Crippen molar-refractivity contribution in [2.75, 3.05) is 0 Å². The van der Waals surface area contributed by atoms with Crippen molar-refractivity contribution in [3.8, 4) is 5.75 Å². The van der Waals surface area contributed by atoms with E-state index in [9.17, 15) is 0 Å². The normalized spacial score (nSPS) is 11.5. The van der Waals surface area contributed by atoms with Crippen LogP contribution in [0.25, 0.3) is 0 Å². The van der Waals surface area contributed by atoms with E-state index < -0.39 is 0 Å². The summed E-state index contributed by atoms with van der Waals surface area (Å²) in [5, 5.41) is 0. The number of ether oxygens (including phenoxy) is 1. The summed E-state index contributed by atoms with van der Waals surface area (Å²) < 4.78 is 7.04. The Morgan fingerprint density at radius 2 is 2.00 bits per heavy atom. The second-order valence-corrected chi connectivity index (χ2v) is 5.55. The Kier molecular flexibility index (Phi) is 4.01. The summed E-state index contributed by atoms with van der Waals surface area (Å²) in [4.78, 5) is 0. The third kappa shape index (κ3) is 3.27. The van der Waals surface area contributed by atoms with Crippen molar-refractivity contribution in [2.45, 2.75) is 32.4 Å². The van der Waals surface area contributed by atoms with Crippen LogP contribution in [0.5, 0.6) is 5.75 Å². The fourth-order valence-corrected chi connectivity index (χ4v) is 2.42. The minimum atomic E-state index is -0.135. The van der Waals surface area contributed by atoms with Gasteiger partial charge in [-0.1, -0.05) is 12.1 Å². The maximum atomic E-state index is 5.85. The minimum Gasteiger partial charge on any atom is -0.487 e. The molecule has 0 aromatic heterocycles. The van der Waals surface area contributed by atoms with Crippen LogP contribution < -0.4 is 4.74 Å². The van der Waals surface area contributed by atoms with Crippen molar-refractivity contribution in [1.82, 2.24) is 0 Å². The van der Waals surface area contributed by atoms with Gasteiger partial charge in [-0.05, 0) is 61.0 Å². The number of halogens is 1. The zero-order valence-corrected chi connectivity index (χ0v) is 11.9.